The Morgan fingerprint density at radius 1 is 1.50 bits per heavy atom. The lowest BCUT2D eigenvalue weighted by atomic mass is 9.96. The number of carbonyl (C=O) groups excluding carboxylic acids is 1. The largest absolute Gasteiger partial charge is 0.298 e. The van der Waals surface area contributed by atoms with Crippen LogP contribution in [-0.4, -0.2) is 18.3 Å². The minimum atomic E-state index is 0.387. The van der Waals surface area contributed by atoms with Gasteiger partial charge in [-0.2, -0.15) is 11.8 Å². The summed E-state index contributed by atoms with van der Waals surface area (Å²) in [4.78, 5) is 10.7. The van der Waals surface area contributed by atoms with Crippen molar-refractivity contribution in [3.63, 3.8) is 0 Å². The van der Waals surface area contributed by atoms with Gasteiger partial charge < -0.3 is 0 Å². The summed E-state index contributed by atoms with van der Waals surface area (Å²) in [5.41, 5.74) is 2.53. The first-order valence-corrected chi connectivity index (χ1v) is 6.25. The van der Waals surface area contributed by atoms with Gasteiger partial charge in [-0.05, 0) is 30.7 Å². The fourth-order valence-corrected chi connectivity index (χ4v) is 2.89. The van der Waals surface area contributed by atoms with Gasteiger partial charge in [-0.3, -0.25) is 4.79 Å². The average Bonchev–Trinajstić information content (AvgIpc) is 3.00. The highest BCUT2D eigenvalue weighted by Crippen LogP contribution is 2.50. The maximum absolute atomic E-state index is 10.7. The summed E-state index contributed by atoms with van der Waals surface area (Å²) in [5, 5.41) is 0. The van der Waals surface area contributed by atoms with Crippen LogP contribution >= 0.6 is 11.8 Å². The van der Waals surface area contributed by atoms with E-state index in [1.54, 1.807) is 0 Å². The summed E-state index contributed by atoms with van der Waals surface area (Å²) in [6.07, 6.45) is 5.62. The molecule has 1 fully saturated rings. The number of hydrogen-bond donors (Lipinski definition) is 0. The van der Waals surface area contributed by atoms with Crippen molar-refractivity contribution in [1.82, 2.24) is 0 Å². The lowest BCUT2D eigenvalue weighted by Crippen LogP contribution is -2.09. The van der Waals surface area contributed by atoms with Gasteiger partial charge in [0.1, 0.15) is 6.29 Å². The maximum Gasteiger partial charge on any atom is 0.150 e. The van der Waals surface area contributed by atoms with Gasteiger partial charge >= 0.3 is 0 Å². The molecule has 1 saturated carbocycles. The fraction of sp³-hybridized carbons (Fsp3) is 0.417. The number of rotatable bonds is 4. The minimum Gasteiger partial charge on any atom is -0.298 e. The molecule has 1 nitrogen and oxygen atoms in total. The zero-order valence-corrected chi connectivity index (χ0v) is 9.14. The number of hydrogen-bond acceptors (Lipinski definition) is 2. The molecule has 0 aliphatic heterocycles. The Kier molecular flexibility index (Phi) is 2.64. The molecule has 1 aromatic carbocycles. The first-order chi connectivity index (χ1) is 6.80. The smallest absolute Gasteiger partial charge is 0.150 e. The molecule has 2 heteroatoms. The molecule has 14 heavy (non-hydrogen) atoms. The lowest BCUT2D eigenvalue weighted by Gasteiger charge is -2.14. The standard InChI is InChI=1S/C12H14OS/c1-14-9-12(5-6-12)11-4-2-3-10(7-11)8-13/h2-4,7-8H,5-6,9H2,1H3. The minimum absolute atomic E-state index is 0.387. The van der Waals surface area contributed by atoms with Crippen molar-refractivity contribution in [3.05, 3.63) is 35.4 Å². The van der Waals surface area contributed by atoms with Crippen molar-refractivity contribution < 1.29 is 4.79 Å². The van der Waals surface area contributed by atoms with E-state index in [2.05, 4.69) is 12.3 Å². The zero-order chi connectivity index (χ0) is 10.0. The molecule has 0 atom stereocenters. The molecule has 0 unspecified atom stereocenters. The van der Waals surface area contributed by atoms with Crippen LogP contribution in [0.3, 0.4) is 0 Å². The van der Waals surface area contributed by atoms with Gasteiger partial charge in [0.15, 0.2) is 0 Å². The molecular weight excluding hydrogens is 192 g/mol. The van der Waals surface area contributed by atoms with Gasteiger partial charge in [0.05, 0.1) is 0 Å². The molecular formula is C12H14OS. The first kappa shape index (κ1) is 9.78. The molecule has 0 saturated heterocycles. The summed E-state index contributed by atoms with van der Waals surface area (Å²) in [6.45, 7) is 0. The van der Waals surface area contributed by atoms with Crippen molar-refractivity contribution in [2.45, 2.75) is 18.3 Å². The van der Waals surface area contributed by atoms with E-state index in [4.69, 9.17) is 0 Å². The number of benzene rings is 1. The number of carbonyl (C=O) groups is 1. The molecule has 0 radical (unpaired) electrons. The van der Waals surface area contributed by atoms with Crippen molar-refractivity contribution >= 4 is 18.0 Å². The third-order valence-corrected chi connectivity index (χ3v) is 3.75. The van der Waals surface area contributed by atoms with E-state index in [1.165, 1.54) is 24.2 Å². The van der Waals surface area contributed by atoms with Crippen LogP contribution in [0.15, 0.2) is 24.3 Å². The monoisotopic (exact) mass is 206 g/mol. The topological polar surface area (TPSA) is 17.1 Å². The summed E-state index contributed by atoms with van der Waals surface area (Å²) in [6, 6.07) is 8.04. The third kappa shape index (κ3) is 1.71. The Balaban J connectivity index is 2.27. The molecule has 2 rings (SSSR count). The summed E-state index contributed by atoms with van der Waals surface area (Å²) in [5.74, 6) is 1.18. The van der Waals surface area contributed by atoms with Crippen LogP contribution in [0.1, 0.15) is 28.8 Å². The summed E-state index contributed by atoms with van der Waals surface area (Å²) >= 11 is 1.89. The Labute approximate surface area is 88.9 Å². The predicted molar refractivity (Wildman–Crippen MR) is 61.1 cm³/mol. The van der Waals surface area contributed by atoms with Gasteiger partial charge in [-0.1, -0.05) is 18.2 Å². The highest BCUT2D eigenvalue weighted by Gasteiger charge is 2.43. The van der Waals surface area contributed by atoms with Crippen LogP contribution < -0.4 is 0 Å². The third-order valence-electron chi connectivity index (χ3n) is 2.91. The predicted octanol–water partition coefficient (Wildman–Crippen LogP) is 2.89. The first-order valence-electron chi connectivity index (χ1n) is 4.85. The van der Waals surface area contributed by atoms with E-state index < -0.39 is 0 Å². The molecule has 0 amide bonds. The van der Waals surface area contributed by atoms with Gasteiger partial charge in [-0.15, -0.1) is 0 Å². The summed E-state index contributed by atoms with van der Waals surface area (Å²) < 4.78 is 0. The number of aldehydes is 1. The molecule has 0 N–H and O–H groups in total. The molecule has 1 aliphatic carbocycles. The second-order valence-electron chi connectivity index (χ2n) is 3.96. The van der Waals surface area contributed by atoms with Gasteiger partial charge in [0, 0.05) is 16.7 Å². The van der Waals surface area contributed by atoms with Crippen LogP contribution in [0.25, 0.3) is 0 Å². The number of thioether (sulfide) groups is 1. The van der Waals surface area contributed by atoms with Crippen molar-refractivity contribution in [3.8, 4) is 0 Å². The molecule has 0 bridgehead atoms. The van der Waals surface area contributed by atoms with Crippen molar-refractivity contribution in [1.29, 1.82) is 0 Å². The highest BCUT2D eigenvalue weighted by molar-refractivity contribution is 7.98. The molecule has 1 aromatic rings. The fourth-order valence-electron chi connectivity index (χ4n) is 1.89. The van der Waals surface area contributed by atoms with Crippen molar-refractivity contribution in [2.24, 2.45) is 0 Å². The second kappa shape index (κ2) is 3.77. The van der Waals surface area contributed by atoms with Crippen molar-refractivity contribution in [2.75, 3.05) is 12.0 Å². The molecule has 0 aromatic heterocycles. The average molecular weight is 206 g/mol. The second-order valence-corrected chi connectivity index (χ2v) is 4.82. The van der Waals surface area contributed by atoms with Gasteiger partial charge in [0.25, 0.3) is 0 Å². The van der Waals surface area contributed by atoms with Crippen LogP contribution in [0.5, 0.6) is 0 Å². The van der Waals surface area contributed by atoms with Crippen LogP contribution in [0.2, 0.25) is 0 Å². The van der Waals surface area contributed by atoms with Crippen LogP contribution in [-0.2, 0) is 5.41 Å². The Bertz CT molecular complexity index is 342. The van der Waals surface area contributed by atoms with E-state index in [-0.39, 0.29) is 0 Å². The van der Waals surface area contributed by atoms with E-state index >= 15 is 0 Å². The van der Waals surface area contributed by atoms with Crippen LogP contribution in [0.4, 0.5) is 0 Å². The SMILES string of the molecule is CSCC1(c2cccc(C=O)c2)CC1. The van der Waals surface area contributed by atoms with Gasteiger partial charge in [0.2, 0.25) is 0 Å². The quantitative estimate of drug-likeness (QED) is 0.705. The van der Waals surface area contributed by atoms with E-state index in [1.807, 2.05) is 30.0 Å². The van der Waals surface area contributed by atoms with E-state index in [0.29, 0.717) is 5.41 Å². The normalized spacial score (nSPS) is 17.8. The summed E-state index contributed by atoms with van der Waals surface area (Å²) in [7, 11) is 0. The van der Waals surface area contributed by atoms with Crippen LogP contribution in [0, 0.1) is 0 Å². The van der Waals surface area contributed by atoms with Gasteiger partial charge in [-0.25, -0.2) is 0 Å². The lowest BCUT2D eigenvalue weighted by molar-refractivity contribution is 0.112. The Morgan fingerprint density at radius 3 is 2.86 bits per heavy atom. The Morgan fingerprint density at radius 2 is 2.29 bits per heavy atom. The Hall–Kier alpha value is -0.760. The molecule has 74 valence electrons. The van der Waals surface area contributed by atoms with E-state index in [9.17, 15) is 4.79 Å². The zero-order valence-electron chi connectivity index (χ0n) is 8.32. The molecule has 1 aliphatic rings. The highest BCUT2D eigenvalue weighted by atomic mass is 32.2. The maximum atomic E-state index is 10.7. The van der Waals surface area contributed by atoms with E-state index in [0.717, 1.165) is 11.8 Å². The molecule has 0 heterocycles. The molecule has 0 spiro atoms.